The molecule has 2 aromatic rings. The number of amides is 1. The molecule has 0 fully saturated rings. The van der Waals surface area contributed by atoms with Gasteiger partial charge in [0.25, 0.3) is 5.91 Å². The van der Waals surface area contributed by atoms with E-state index >= 15 is 0 Å². The molecule has 2 heterocycles. The fourth-order valence-corrected chi connectivity index (χ4v) is 2.21. The van der Waals surface area contributed by atoms with Crippen LogP contribution in [0.1, 0.15) is 34.1 Å². The molecule has 0 aliphatic carbocycles. The lowest BCUT2D eigenvalue weighted by molar-refractivity contribution is 0.0944. The van der Waals surface area contributed by atoms with Crippen molar-refractivity contribution in [1.29, 1.82) is 0 Å². The molecule has 1 amide bonds. The van der Waals surface area contributed by atoms with Crippen LogP contribution in [0.2, 0.25) is 0 Å². The first-order valence-corrected chi connectivity index (χ1v) is 6.67. The standard InChI is InChI=1S/C11H15N5OS/c1-3-8-14-10(16-15-8)11(17)12-5-4-9-13-7(2)6-18-9/h6H,3-5H2,1-2H3,(H,12,17)(H,14,15,16). The number of hydrogen-bond donors (Lipinski definition) is 2. The van der Waals surface area contributed by atoms with Crippen molar-refractivity contribution < 1.29 is 4.79 Å². The van der Waals surface area contributed by atoms with Crippen LogP contribution in [0.3, 0.4) is 0 Å². The average Bonchev–Trinajstić information content (AvgIpc) is 2.98. The Morgan fingerprint density at radius 2 is 2.33 bits per heavy atom. The first-order valence-electron chi connectivity index (χ1n) is 5.79. The second-order valence-electron chi connectivity index (χ2n) is 3.85. The van der Waals surface area contributed by atoms with Gasteiger partial charge in [0.1, 0.15) is 5.82 Å². The van der Waals surface area contributed by atoms with Gasteiger partial charge in [-0.2, -0.15) is 0 Å². The molecule has 0 aliphatic heterocycles. The van der Waals surface area contributed by atoms with Gasteiger partial charge in [0, 0.05) is 30.5 Å². The summed E-state index contributed by atoms with van der Waals surface area (Å²) in [5.74, 6) is 0.664. The second-order valence-corrected chi connectivity index (χ2v) is 4.79. The fraction of sp³-hybridized carbons (Fsp3) is 0.455. The predicted molar refractivity (Wildman–Crippen MR) is 68.6 cm³/mol. The maximum Gasteiger partial charge on any atom is 0.290 e. The third kappa shape index (κ3) is 3.13. The molecule has 2 rings (SSSR count). The first kappa shape index (κ1) is 12.7. The summed E-state index contributed by atoms with van der Waals surface area (Å²) in [7, 11) is 0. The van der Waals surface area contributed by atoms with Gasteiger partial charge in [-0.1, -0.05) is 6.92 Å². The molecule has 0 radical (unpaired) electrons. The van der Waals surface area contributed by atoms with Crippen LogP contribution in [0.4, 0.5) is 0 Å². The van der Waals surface area contributed by atoms with Crippen LogP contribution in [0.15, 0.2) is 5.38 Å². The third-order valence-corrected chi connectivity index (χ3v) is 3.39. The van der Waals surface area contributed by atoms with Gasteiger partial charge >= 0.3 is 0 Å². The van der Waals surface area contributed by atoms with Gasteiger partial charge in [-0.05, 0) is 6.92 Å². The van der Waals surface area contributed by atoms with E-state index in [-0.39, 0.29) is 11.7 Å². The number of nitrogens with zero attached hydrogens (tertiary/aromatic N) is 3. The van der Waals surface area contributed by atoms with E-state index in [1.54, 1.807) is 11.3 Å². The van der Waals surface area contributed by atoms with Crippen LogP contribution in [0.25, 0.3) is 0 Å². The summed E-state index contributed by atoms with van der Waals surface area (Å²) in [6, 6.07) is 0. The van der Waals surface area contributed by atoms with Crippen molar-refractivity contribution in [3.63, 3.8) is 0 Å². The average molecular weight is 265 g/mol. The smallest absolute Gasteiger partial charge is 0.290 e. The molecule has 0 aliphatic rings. The monoisotopic (exact) mass is 265 g/mol. The second kappa shape index (κ2) is 5.72. The number of aromatic nitrogens is 4. The van der Waals surface area contributed by atoms with Crippen molar-refractivity contribution in [1.82, 2.24) is 25.5 Å². The zero-order valence-corrected chi connectivity index (χ0v) is 11.2. The third-order valence-electron chi connectivity index (χ3n) is 2.36. The largest absolute Gasteiger partial charge is 0.349 e. The summed E-state index contributed by atoms with van der Waals surface area (Å²) < 4.78 is 0. The summed E-state index contributed by atoms with van der Waals surface area (Å²) in [5, 5.41) is 12.4. The summed E-state index contributed by atoms with van der Waals surface area (Å²) >= 11 is 1.60. The molecule has 0 unspecified atom stereocenters. The topological polar surface area (TPSA) is 83.6 Å². The zero-order valence-electron chi connectivity index (χ0n) is 10.4. The number of rotatable bonds is 5. The molecule has 96 valence electrons. The normalized spacial score (nSPS) is 10.6. The molecule has 18 heavy (non-hydrogen) atoms. The predicted octanol–water partition coefficient (Wildman–Crippen LogP) is 1.10. The first-order chi connectivity index (χ1) is 8.69. The highest BCUT2D eigenvalue weighted by atomic mass is 32.1. The number of carbonyl (C=O) groups is 1. The Hall–Kier alpha value is -1.76. The summed E-state index contributed by atoms with van der Waals surface area (Å²) in [5.41, 5.74) is 1.02. The van der Waals surface area contributed by atoms with Crippen LogP contribution < -0.4 is 5.32 Å². The Morgan fingerprint density at radius 3 is 2.94 bits per heavy atom. The molecular formula is C11H15N5OS. The number of nitrogens with one attached hydrogen (secondary N) is 2. The summed E-state index contributed by atoms with van der Waals surface area (Å²) in [6.07, 6.45) is 1.47. The lowest BCUT2D eigenvalue weighted by Crippen LogP contribution is -2.26. The number of hydrogen-bond acceptors (Lipinski definition) is 5. The van der Waals surface area contributed by atoms with Gasteiger partial charge in [0.2, 0.25) is 5.82 Å². The molecule has 0 saturated heterocycles. The lowest BCUT2D eigenvalue weighted by Gasteiger charge is -1.99. The van der Waals surface area contributed by atoms with Crippen LogP contribution >= 0.6 is 11.3 Å². The molecule has 0 aromatic carbocycles. The Kier molecular flexibility index (Phi) is 4.03. The van der Waals surface area contributed by atoms with Gasteiger partial charge in [0.05, 0.1) is 5.01 Å². The SMILES string of the molecule is CCc1nc(C(=O)NCCc2nc(C)cs2)n[nH]1. The van der Waals surface area contributed by atoms with E-state index in [1.807, 2.05) is 19.2 Å². The van der Waals surface area contributed by atoms with Crippen LogP contribution in [-0.2, 0) is 12.8 Å². The number of aryl methyl sites for hydroxylation is 2. The van der Waals surface area contributed by atoms with Gasteiger partial charge < -0.3 is 5.32 Å². The number of carbonyl (C=O) groups excluding carboxylic acids is 1. The minimum Gasteiger partial charge on any atom is -0.349 e. The van der Waals surface area contributed by atoms with Crippen molar-refractivity contribution in [2.24, 2.45) is 0 Å². The maximum atomic E-state index is 11.7. The number of thiazole rings is 1. The molecular weight excluding hydrogens is 250 g/mol. The minimum atomic E-state index is -0.251. The van der Waals surface area contributed by atoms with Gasteiger partial charge in [0.15, 0.2) is 0 Å². The van der Waals surface area contributed by atoms with Crippen LogP contribution in [0.5, 0.6) is 0 Å². The Balaban J connectivity index is 1.81. The number of aromatic amines is 1. The fourth-order valence-electron chi connectivity index (χ4n) is 1.43. The summed E-state index contributed by atoms with van der Waals surface area (Å²) in [4.78, 5) is 20.1. The molecule has 0 saturated carbocycles. The Labute approximate surface area is 109 Å². The quantitative estimate of drug-likeness (QED) is 0.848. The van der Waals surface area contributed by atoms with Crippen molar-refractivity contribution in [3.05, 3.63) is 27.7 Å². The van der Waals surface area contributed by atoms with Gasteiger partial charge in [-0.3, -0.25) is 9.89 Å². The van der Waals surface area contributed by atoms with Crippen LogP contribution in [-0.4, -0.2) is 32.6 Å². The summed E-state index contributed by atoms with van der Waals surface area (Å²) in [6.45, 7) is 4.45. The van der Waals surface area contributed by atoms with Crippen molar-refractivity contribution >= 4 is 17.2 Å². The molecule has 6 nitrogen and oxygen atoms in total. The van der Waals surface area contributed by atoms with Gasteiger partial charge in [-0.25, -0.2) is 9.97 Å². The molecule has 2 aromatic heterocycles. The number of H-pyrrole nitrogens is 1. The van der Waals surface area contributed by atoms with E-state index in [0.717, 1.165) is 29.4 Å². The molecule has 0 atom stereocenters. The van der Waals surface area contributed by atoms with E-state index in [1.165, 1.54) is 0 Å². The van der Waals surface area contributed by atoms with Crippen molar-refractivity contribution in [3.8, 4) is 0 Å². The van der Waals surface area contributed by atoms with Crippen LogP contribution in [0, 0.1) is 6.92 Å². The highest BCUT2D eigenvalue weighted by Crippen LogP contribution is 2.08. The Morgan fingerprint density at radius 1 is 1.50 bits per heavy atom. The van der Waals surface area contributed by atoms with E-state index in [4.69, 9.17) is 0 Å². The van der Waals surface area contributed by atoms with Gasteiger partial charge in [-0.15, -0.1) is 16.4 Å². The Bertz CT molecular complexity index is 533. The van der Waals surface area contributed by atoms with E-state index in [0.29, 0.717) is 6.54 Å². The highest BCUT2D eigenvalue weighted by Gasteiger charge is 2.11. The molecule has 0 bridgehead atoms. The van der Waals surface area contributed by atoms with Crippen molar-refractivity contribution in [2.75, 3.05) is 6.54 Å². The molecule has 2 N–H and O–H groups in total. The zero-order chi connectivity index (χ0) is 13.0. The molecule has 7 heteroatoms. The minimum absolute atomic E-state index is 0.196. The van der Waals surface area contributed by atoms with Crippen molar-refractivity contribution in [2.45, 2.75) is 26.7 Å². The van der Waals surface area contributed by atoms with E-state index in [2.05, 4.69) is 25.5 Å². The van der Waals surface area contributed by atoms with E-state index in [9.17, 15) is 4.79 Å². The molecule has 0 spiro atoms. The van der Waals surface area contributed by atoms with E-state index < -0.39 is 0 Å². The lowest BCUT2D eigenvalue weighted by atomic mass is 10.4. The highest BCUT2D eigenvalue weighted by molar-refractivity contribution is 7.09. The maximum absolute atomic E-state index is 11.7.